The van der Waals surface area contributed by atoms with Gasteiger partial charge in [-0.25, -0.2) is 13.5 Å². The molecular weight excluding hydrogens is 326 g/mol. The second kappa shape index (κ2) is 5.39. The Balaban J connectivity index is 2.56. The van der Waals surface area contributed by atoms with Gasteiger partial charge < -0.3 is 0 Å². The fourth-order valence-corrected chi connectivity index (χ4v) is 1.94. The largest absolute Gasteiger partial charge is 0.300 e. The van der Waals surface area contributed by atoms with E-state index >= 15 is 0 Å². The van der Waals surface area contributed by atoms with Crippen molar-refractivity contribution in [3.63, 3.8) is 0 Å². The third kappa shape index (κ3) is 2.75. The van der Waals surface area contributed by atoms with E-state index in [2.05, 4.69) is 26.2 Å². The predicted molar refractivity (Wildman–Crippen MR) is 65.4 cm³/mol. The molecule has 0 aliphatic carbocycles. The maximum absolute atomic E-state index is 13.7. The van der Waals surface area contributed by atoms with Crippen molar-refractivity contribution in [2.75, 3.05) is 5.33 Å². The van der Waals surface area contributed by atoms with Gasteiger partial charge in [-0.15, -0.1) is 5.10 Å². The van der Waals surface area contributed by atoms with E-state index in [1.807, 2.05) is 0 Å². The van der Waals surface area contributed by atoms with Crippen molar-refractivity contribution in [2.24, 2.45) is 0 Å². The fourth-order valence-electron chi connectivity index (χ4n) is 1.54. The van der Waals surface area contributed by atoms with Gasteiger partial charge in [-0.05, 0) is 0 Å². The molecule has 0 N–H and O–H groups in total. The number of halogens is 3. The number of nitro benzene ring substituents is 1. The number of benzene rings is 1. The minimum Gasteiger partial charge on any atom is -0.258 e. The van der Waals surface area contributed by atoms with Crippen LogP contribution in [0.3, 0.4) is 0 Å². The number of alkyl halides is 1. The maximum Gasteiger partial charge on any atom is 0.300 e. The molecule has 0 amide bonds. The van der Waals surface area contributed by atoms with Gasteiger partial charge >= 0.3 is 5.69 Å². The van der Waals surface area contributed by atoms with Crippen LogP contribution >= 0.6 is 15.9 Å². The Hall–Kier alpha value is -1.90. The average Bonchev–Trinajstić information content (AvgIpc) is 2.76. The molecule has 2 aromatic rings. The molecule has 0 spiro atoms. The molecule has 6 nitrogen and oxygen atoms in total. The molecule has 0 aliphatic rings. The van der Waals surface area contributed by atoms with Crippen LogP contribution in [0.2, 0.25) is 0 Å². The lowest BCUT2D eigenvalue weighted by molar-refractivity contribution is -0.385. The number of hydrogen-bond acceptors (Lipinski definition) is 4. The van der Waals surface area contributed by atoms with Gasteiger partial charge in [0.25, 0.3) is 0 Å². The zero-order valence-electron chi connectivity index (χ0n) is 9.39. The summed E-state index contributed by atoms with van der Waals surface area (Å²) in [5.74, 6) is -2.09. The van der Waals surface area contributed by atoms with Gasteiger partial charge in [0.15, 0.2) is 11.5 Å². The first-order chi connectivity index (χ1) is 9.02. The maximum atomic E-state index is 13.7. The molecule has 19 heavy (non-hydrogen) atoms. The van der Waals surface area contributed by atoms with Crippen LogP contribution in [0.4, 0.5) is 14.5 Å². The van der Waals surface area contributed by atoms with Gasteiger partial charge in [0.2, 0.25) is 0 Å². The molecule has 9 heteroatoms. The number of aryl methyl sites for hydroxylation is 1. The lowest BCUT2D eigenvalue weighted by atomic mass is 10.2. The molecule has 0 saturated heterocycles. The van der Waals surface area contributed by atoms with Crippen molar-refractivity contribution in [1.82, 2.24) is 15.0 Å². The van der Waals surface area contributed by atoms with E-state index in [-0.39, 0.29) is 0 Å². The molecule has 0 fully saturated rings. The van der Waals surface area contributed by atoms with Crippen molar-refractivity contribution >= 4 is 21.6 Å². The van der Waals surface area contributed by atoms with E-state index < -0.39 is 27.9 Å². The molecule has 0 radical (unpaired) electrons. The smallest absolute Gasteiger partial charge is 0.258 e. The third-order valence-electron chi connectivity index (χ3n) is 2.33. The van der Waals surface area contributed by atoms with Gasteiger partial charge in [-0.2, -0.15) is 0 Å². The molecule has 0 saturated carbocycles. The van der Waals surface area contributed by atoms with Crippen LogP contribution in [0.25, 0.3) is 5.69 Å². The Morgan fingerprint density at radius 3 is 2.79 bits per heavy atom. The van der Waals surface area contributed by atoms with Gasteiger partial charge in [0.05, 0.1) is 22.9 Å². The SMILES string of the molecule is O=[N+]([O-])c1cc(F)cc(F)c1-n1cc(CCBr)nn1. The molecule has 0 atom stereocenters. The Labute approximate surface area is 114 Å². The zero-order valence-corrected chi connectivity index (χ0v) is 11.0. The predicted octanol–water partition coefficient (Wildman–Crippen LogP) is 2.39. The van der Waals surface area contributed by atoms with Crippen LogP contribution in [0.1, 0.15) is 5.69 Å². The molecule has 2 rings (SSSR count). The third-order valence-corrected chi connectivity index (χ3v) is 2.72. The highest BCUT2D eigenvalue weighted by atomic mass is 79.9. The summed E-state index contributed by atoms with van der Waals surface area (Å²) >= 11 is 3.20. The van der Waals surface area contributed by atoms with Gasteiger partial charge in [0.1, 0.15) is 5.82 Å². The average molecular weight is 333 g/mol. The van der Waals surface area contributed by atoms with Crippen LogP contribution in [-0.2, 0) is 6.42 Å². The molecule has 0 aliphatic heterocycles. The summed E-state index contributed by atoms with van der Waals surface area (Å²) in [4.78, 5) is 9.97. The topological polar surface area (TPSA) is 73.8 Å². The standard InChI is InChI=1S/C10H7BrF2N4O2/c11-2-1-7-5-16(15-14-7)10-8(13)3-6(12)4-9(10)17(18)19/h3-5H,1-2H2. The second-order valence-electron chi connectivity index (χ2n) is 3.61. The molecule has 0 bridgehead atoms. The van der Waals surface area contributed by atoms with Gasteiger partial charge in [0, 0.05) is 17.8 Å². The minimum absolute atomic E-state index is 0.431. The van der Waals surface area contributed by atoms with Gasteiger partial charge in [-0.1, -0.05) is 21.1 Å². The van der Waals surface area contributed by atoms with Crippen molar-refractivity contribution in [3.05, 3.63) is 45.8 Å². The number of rotatable bonds is 4. The molecule has 0 unspecified atom stereocenters. The van der Waals surface area contributed by atoms with E-state index in [0.29, 0.717) is 29.6 Å². The summed E-state index contributed by atoms with van der Waals surface area (Å²) in [6.07, 6.45) is 1.90. The van der Waals surface area contributed by atoms with Crippen molar-refractivity contribution < 1.29 is 13.7 Å². The summed E-state index contributed by atoms with van der Waals surface area (Å²) in [5, 5.41) is 18.8. The normalized spacial score (nSPS) is 10.7. The zero-order chi connectivity index (χ0) is 14.0. The fraction of sp³-hybridized carbons (Fsp3) is 0.200. The Bertz CT molecular complexity index is 632. The highest BCUT2D eigenvalue weighted by Gasteiger charge is 2.23. The van der Waals surface area contributed by atoms with Crippen molar-refractivity contribution in [3.8, 4) is 5.69 Å². The summed E-state index contributed by atoms with van der Waals surface area (Å²) in [6.45, 7) is 0. The molecular formula is C10H7BrF2N4O2. The van der Waals surface area contributed by atoms with Crippen LogP contribution in [0.15, 0.2) is 18.3 Å². The molecule has 100 valence electrons. The minimum atomic E-state index is -1.07. The van der Waals surface area contributed by atoms with Crippen LogP contribution < -0.4 is 0 Å². The number of hydrogen-bond donors (Lipinski definition) is 0. The number of aromatic nitrogens is 3. The first-order valence-electron chi connectivity index (χ1n) is 5.14. The summed E-state index contributed by atoms with van der Waals surface area (Å²) in [7, 11) is 0. The highest BCUT2D eigenvalue weighted by Crippen LogP contribution is 2.26. The Kier molecular flexibility index (Phi) is 3.84. The van der Waals surface area contributed by atoms with Crippen molar-refractivity contribution in [2.45, 2.75) is 6.42 Å². The van der Waals surface area contributed by atoms with E-state index in [1.165, 1.54) is 6.20 Å². The lowest BCUT2D eigenvalue weighted by Crippen LogP contribution is -2.05. The summed E-state index contributed by atoms with van der Waals surface area (Å²) in [5.41, 5.74) is -0.595. The van der Waals surface area contributed by atoms with Crippen LogP contribution in [0, 0.1) is 21.7 Å². The molecule has 1 heterocycles. The number of nitrogens with zero attached hydrogens (tertiary/aromatic N) is 4. The van der Waals surface area contributed by atoms with Crippen molar-refractivity contribution in [1.29, 1.82) is 0 Å². The molecule has 1 aromatic carbocycles. The second-order valence-corrected chi connectivity index (χ2v) is 4.40. The van der Waals surface area contributed by atoms with E-state index in [0.717, 1.165) is 4.68 Å². The Morgan fingerprint density at radius 2 is 2.16 bits per heavy atom. The quantitative estimate of drug-likeness (QED) is 0.489. The lowest BCUT2D eigenvalue weighted by Gasteiger charge is -2.03. The monoisotopic (exact) mass is 332 g/mol. The van der Waals surface area contributed by atoms with E-state index in [4.69, 9.17) is 0 Å². The van der Waals surface area contributed by atoms with E-state index in [9.17, 15) is 18.9 Å². The summed E-state index contributed by atoms with van der Waals surface area (Å²) in [6, 6.07) is 1.21. The summed E-state index contributed by atoms with van der Waals surface area (Å²) < 4.78 is 27.7. The first kappa shape index (κ1) is 13.5. The Morgan fingerprint density at radius 1 is 1.42 bits per heavy atom. The van der Waals surface area contributed by atoms with E-state index in [1.54, 1.807) is 0 Å². The highest BCUT2D eigenvalue weighted by molar-refractivity contribution is 9.09. The van der Waals surface area contributed by atoms with Crippen LogP contribution in [-0.4, -0.2) is 25.2 Å². The number of nitro groups is 1. The van der Waals surface area contributed by atoms with Crippen LogP contribution in [0.5, 0.6) is 0 Å². The first-order valence-corrected chi connectivity index (χ1v) is 6.26. The van der Waals surface area contributed by atoms with Gasteiger partial charge in [-0.3, -0.25) is 10.1 Å². The molecule has 1 aromatic heterocycles.